The van der Waals surface area contributed by atoms with Crippen LogP contribution in [0.5, 0.6) is 0 Å². The maximum Gasteiger partial charge on any atom is 0.211 e. The topological polar surface area (TPSA) is 46.2 Å². The van der Waals surface area contributed by atoms with Crippen LogP contribution in [0.1, 0.15) is 44.9 Å². The van der Waals surface area contributed by atoms with E-state index in [-0.39, 0.29) is 5.38 Å². The quantitative estimate of drug-likeness (QED) is 0.760. The summed E-state index contributed by atoms with van der Waals surface area (Å²) in [5.41, 5.74) is 0. The molecule has 0 aromatic rings. The van der Waals surface area contributed by atoms with Gasteiger partial charge in [-0.25, -0.2) is 13.1 Å². The molecule has 2 aliphatic rings. The minimum Gasteiger partial charge on any atom is -0.214 e. The van der Waals surface area contributed by atoms with E-state index in [9.17, 15) is 8.42 Å². The van der Waals surface area contributed by atoms with Gasteiger partial charge in [-0.05, 0) is 37.5 Å². The summed E-state index contributed by atoms with van der Waals surface area (Å²) in [5, 5.41) is -0.0175. The molecule has 1 unspecified atom stereocenters. The van der Waals surface area contributed by atoms with E-state index < -0.39 is 10.0 Å². The highest BCUT2D eigenvalue weighted by atomic mass is 35.5. The third kappa shape index (κ3) is 4.76. The minimum atomic E-state index is -3.12. The number of rotatable bonds is 6. The molecule has 1 atom stereocenters. The predicted molar refractivity (Wildman–Crippen MR) is 70.7 cm³/mol. The van der Waals surface area contributed by atoms with Gasteiger partial charge in [0.25, 0.3) is 0 Å². The summed E-state index contributed by atoms with van der Waals surface area (Å²) in [7, 11) is -3.12. The number of hydrogen-bond acceptors (Lipinski definition) is 2. The molecule has 17 heavy (non-hydrogen) atoms. The lowest BCUT2D eigenvalue weighted by Gasteiger charge is -2.21. The van der Waals surface area contributed by atoms with Crippen LogP contribution in [0.3, 0.4) is 0 Å². The molecule has 5 heteroatoms. The molecule has 2 rings (SSSR count). The number of alkyl halides is 1. The van der Waals surface area contributed by atoms with Crippen LogP contribution in [0.2, 0.25) is 0 Å². The Balaban J connectivity index is 1.73. The second-order valence-corrected chi connectivity index (χ2v) is 7.90. The van der Waals surface area contributed by atoms with E-state index in [4.69, 9.17) is 11.6 Å². The zero-order valence-electron chi connectivity index (χ0n) is 10.2. The fourth-order valence-corrected chi connectivity index (χ4v) is 4.48. The van der Waals surface area contributed by atoms with Crippen LogP contribution in [0.15, 0.2) is 0 Å². The third-order valence-electron chi connectivity index (χ3n) is 3.81. The van der Waals surface area contributed by atoms with Crippen LogP contribution >= 0.6 is 11.6 Å². The summed E-state index contributed by atoms with van der Waals surface area (Å²) in [6, 6.07) is 0. The average molecular weight is 280 g/mol. The number of sulfonamides is 1. The summed E-state index contributed by atoms with van der Waals surface area (Å²) in [4.78, 5) is 0. The Labute approximate surface area is 109 Å². The van der Waals surface area contributed by atoms with Gasteiger partial charge in [0.2, 0.25) is 10.0 Å². The molecule has 0 aromatic carbocycles. The molecular weight excluding hydrogens is 258 g/mol. The predicted octanol–water partition coefficient (Wildman–Crippen LogP) is 2.50. The van der Waals surface area contributed by atoms with Crippen LogP contribution in [0.25, 0.3) is 0 Å². The highest BCUT2D eigenvalue weighted by Gasteiger charge is 2.30. The fourth-order valence-electron chi connectivity index (χ4n) is 2.55. The van der Waals surface area contributed by atoms with Crippen molar-refractivity contribution in [3.05, 3.63) is 0 Å². The van der Waals surface area contributed by atoms with Gasteiger partial charge >= 0.3 is 0 Å². The van der Waals surface area contributed by atoms with Crippen molar-refractivity contribution >= 4 is 21.6 Å². The monoisotopic (exact) mass is 279 g/mol. The van der Waals surface area contributed by atoms with Crippen molar-refractivity contribution in [3.63, 3.8) is 0 Å². The van der Waals surface area contributed by atoms with Crippen LogP contribution in [0, 0.1) is 11.8 Å². The van der Waals surface area contributed by atoms with Gasteiger partial charge < -0.3 is 0 Å². The summed E-state index contributed by atoms with van der Waals surface area (Å²) in [6.45, 7) is 0.404. The maximum absolute atomic E-state index is 11.9. The normalized spacial score (nSPS) is 24.8. The number of halogens is 1. The van der Waals surface area contributed by atoms with Gasteiger partial charge in [0, 0.05) is 11.9 Å². The molecule has 2 fully saturated rings. The van der Waals surface area contributed by atoms with Gasteiger partial charge in [-0.15, -0.1) is 11.6 Å². The maximum atomic E-state index is 11.9. The van der Waals surface area contributed by atoms with Gasteiger partial charge in [0.1, 0.15) is 0 Å². The first-order chi connectivity index (χ1) is 8.07. The molecule has 0 spiro atoms. The summed E-state index contributed by atoms with van der Waals surface area (Å²) < 4.78 is 26.4. The zero-order valence-corrected chi connectivity index (χ0v) is 11.8. The first-order valence-electron chi connectivity index (χ1n) is 6.68. The molecule has 0 aliphatic heterocycles. The van der Waals surface area contributed by atoms with Gasteiger partial charge in [-0.2, -0.15) is 0 Å². The Morgan fingerprint density at radius 1 is 1.12 bits per heavy atom. The molecule has 100 valence electrons. The summed E-state index contributed by atoms with van der Waals surface area (Å²) in [6.07, 6.45) is 8.05. The zero-order chi connectivity index (χ0) is 12.3. The van der Waals surface area contributed by atoms with E-state index in [1.165, 1.54) is 19.3 Å². The van der Waals surface area contributed by atoms with Crippen LogP contribution in [-0.2, 0) is 10.0 Å². The minimum absolute atomic E-state index is 0.0175. The standard InChI is InChI=1S/C12H22ClNO2S/c13-12(11-6-7-11)8-14-17(15,16)9-10-4-2-1-3-5-10/h10-12,14H,1-9H2. The van der Waals surface area contributed by atoms with Gasteiger partial charge in [0.05, 0.1) is 5.75 Å². The SMILES string of the molecule is O=S(=O)(CC1CCCCC1)NCC(Cl)C1CC1. The van der Waals surface area contributed by atoms with Gasteiger partial charge in [-0.1, -0.05) is 19.3 Å². The van der Waals surface area contributed by atoms with E-state index in [1.54, 1.807) is 0 Å². The fraction of sp³-hybridized carbons (Fsp3) is 1.00. The van der Waals surface area contributed by atoms with E-state index in [2.05, 4.69) is 4.72 Å². The molecule has 2 saturated carbocycles. The summed E-state index contributed by atoms with van der Waals surface area (Å²) in [5.74, 6) is 1.19. The highest BCUT2D eigenvalue weighted by Crippen LogP contribution is 2.35. The van der Waals surface area contributed by atoms with Crippen molar-refractivity contribution in [2.45, 2.75) is 50.3 Å². The van der Waals surface area contributed by atoms with E-state index in [0.717, 1.165) is 25.7 Å². The number of nitrogens with one attached hydrogen (secondary N) is 1. The Bertz CT molecular complexity index is 334. The van der Waals surface area contributed by atoms with Crippen molar-refractivity contribution in [2.75, 3.05) is 12.3 Å². The van der Waals surface area contributed by atoms with Gasteiger partial charge in [0.15, 0.2) is 0 Å². The molecule has 0 aromatic heterocycles. The molecular formula is C12H22ClNO2S. The average Bonchev–Trinajstić information content (AvgIpc) is 3.10. The summed E-state index contributed by atoms with van der Waals surface area (Å²) >= 11 is 6.10. The van der Waals surface area contributed by atoms with Crippen molar-refractivity contribution in [3.8, 4) is 0 Å². The highest BCUT2D eigenvalue weighted by molar-refractivity contribution is 7.89. The van der Waals surface area contributed by atoms with Crippen molar-refractivity contribution in [1.29, 1.82) is 0 Å². The second kappa shape index (κ2) is 5.89. The molecule has 0 saturated heterocycles. The smallest absolute Gasteiger partial charge is 0.211 e. The van der Waals surface area contributed by atoms with Gasteiger partial charge in [-0.3, -0.25) is 0 Å². The molecule has 0 bridgehead atoms. The third-order valence-corrected chi connectivity index (χ3v) is 5.84. The van der Waals surface area contributed by atoms with Crippen LogP contribution in [0.4, 0.5) is 0 Å². The van der Waals surface area contributed by atoms with Crippen LogP contribution < -0.4 is 4.72 Å². The first-order valence-corrected chi connectivity index (χ1v) is 8.77. The molecule has 3 nitrogen and oxygen atoms in total. The van der Waals surface area contributed by atoms with E-state index >= 15 is 0 Å². The first kappa shape index (κ1) is 13.6. The molecule has 0 heterocycles. The molecule has 1 N–H and O–H groups in total. The lowest BCUT2D eigenvalue weighted by molar-refractivity contribution is 0.384. The Hall–Kier alpha value is 0.200. The van der Waals surface area contributed by atoms with Crippen molar-refractivity contribution < 1.29 is 8.42 Å². The lowest BCUT2D eigenvalue weighted by Crippen LogP contribution is -2.35. The van der Waals surface area contributed by atoms with Crippen molar-refractivity contribution in [2.24, 2.45) is 11.8 Å². The Morgan fingerprint density at radius 2 is 1.76 bits per heavy atom. The van der Waals surface area contributed by atoms with E-state index in [1.807, 2.05) is 0 Å². The molecule has 2 aliphatic carbocycles. The van der Waals surface area contributed by atoms with Crippen molar-refractivity contribution in [1.82, 2.24) is 4.72 Å². The second-order valence-electron chi connectivity index (χ2n) is 5.49. The largest absolute Gasteiger partial charge is 0.214 e. The molecule has 0 amide bonds. The van der Waals surface area contributed by atoms with Crippen LogP contribution in [-0.4, -0.2) is 26.1 Å². The Kier molecular flexibility index (Phi) is 4.72. The Morgan fingerprint density at radius 3 is 2.35 bits per heavy atom. The lowest BCUT2D eigenvalue weighted by atomic mass is 9.91. The number of hydrogen-bond donors (Lipinski definition) is 1. The molecule has 0 radical (unpaired) electrons. The van der Waals surface area contributed by atoms with E-state index in [0.29, 0.717) is 24.1 Å².